The lowest BCUT2D eigenvalue weighted by Crippen LogP contribution is -2.30. The first-order chi connectivity index (χ1) is 8.41. The van der Waals surface area contributed by atoms with Crippen LogP contribution in [0.1, 0.15) is 38.9 Å². The van der Waals surface area contributed by atoms with Crippen LogP contribution in [0.3, 0.4) is 0 Å². The van der Waals surface area contributed by atoms with Crippen molar-refractivity contribution in [1.82, 2.24) is 9.97 Å². The van der Waals surface area contributed by atoms with Crippen molar-refractivity contribution in [3.8, 4) is 0 Å². The molecule has 4 N–H and O–H groups in total. The molecule has 1 unspecified atom stereocenters. The third-order valence-corrected chi connectivity index (χ3v) is 3.17. The molecule has 18 heavy (non-hydrogen) atoms. The van der Waals surface area contributed by atoms with Crippen LogP contribution < -0.4 is 16.2 Å². The van der Waals surface area contributed by atoms with Crippen molar-refractivity contribution in [2.24, 2.45) is 5.84 Å². The number of anilines is 2. The minimum absolute atomic E-state index is 0.236. The Morgan fingerprint density at radius 1 is 1.50 bits per heavy atom. The first kappa shape index (κ1) is 13.0. The van der Waals surface area contributed by atoms with Crippen molar-refractivity contribution in [1.29, 1.82) is 0 Å². The van der Waals surface area contributed by atoms with Gasteiger partial charge < -0.3 is 15.4 Å². The minimum atomic E-state index is -0.640. The molecule has 100 valence electrons. The highest BCUT2D eigenvalue weighted by Crippen LogP contribution is 2.27. The van der Waals surface area contributed by atoms with E-state index in [9.17, 15) is 5.11 Å². The summed E-state index contributed by atoms with van der Waals surface area (Å²) >= 11 is 0. The fraction of sp³-hybridized carbons (Fsp3) is 0.667. The van der Waals surface area contributed by atoms with Crippen molar-refractivity contribution in [3.63, 3.8) is 0 Å². The molecule has 1 aromatic heterocycles. The molecule has 2 heterocycles. The predicted molar refractivity (Wildman–Crippen MR) is 71.4 cm³/mol. The molecule has 1 aliphatic heterocycles. The molecule has 0 saturated carbocycles. The Labute approximate surface area is 107 Å². The molecule has 6 heteroatoms. The Kier molecular flexibility index (Phi) is 3.41. The van der Waals surface area contributed by atoms with Crippen LogP contribution in [-0.2, 0) is 0 Å². The third-order valence-electron chi connectivity index (χ3n) is 3.17. The van der Waals surface area contributed by atoms with Gasteiger partial charge in [-0.1, -0.05) is 13.8 Å². The summed E-state index contributed by atoms with van der Waals surface area (Å²) in [6.45, 7) is 7.32. The van der Waals surface area contributed by atoms with Gasteiger partial charge in [0.1, 0.15) is 17.5 Å². The number of nitrogens with zero attached hydrogens (tertiary/aromatic N) is 3. The fourth-order valence-electron chi connectivity index (χ4n) is 2.09. The Balaban J connectivity index is 2.30. The second-order valence-electron chi connectivity index (χ2n) is 5.44. The van der Waals surface area contributed by atoms with Gasteiger partial charge in [-0.25, -0.2) is 15.8 Å². The van der Waals surface area contributed by atoms with E-state index in [-0.39, 0.29) is 5.92 Å². The van der Waals surface area contributed by atoms with Gasteiger partial charge in [-0.2, -0.15) is 0 Å². The van der Waals surface area contributed by atoms with Crippen molar-refractivity contribution in [2.45, 2.75) is 38.7 Å². The molecule has 0 radical (unpaired) electrons. The summed E-state index contributed by atoms with van der Waals surface area (Å²) in [6.07, 6.45) is 0.749. The summed E-state index contributed by atoms with van der Waals surface area (Å²) in [5.41, 5.74) is 1.93. The quantitative estimate of drug-likeness (QED) is 0.545. The molecule has 1 fully saturated rings. The van der Waals surface area contributed by atoms with Crippen LogP contribution >= 0.6 is 0 Å². The summed E-state index contributed by atoms with van der Waals surface area (Å²) in [4.78, 5) is 10.9. The van der Waals surface area contributed by atoms with Crippen molar-refractivity contribution in [3.05, 3.63) is 11.9 Å². The SMILES string of the molecule is CC(C)c1nc(NN)cc(N2CCC(C)(O)C2)n1. The molecule has 0 aliphatic carbocycles. The molecule has 0 bridgehead atoms. The fourth-order valence-corrected chi connectivity index (χ4v) is 2.09. The van der Waals surface area contributed by atoms with E-state index in [1.54, 1.807) is 0 Å². The third kappa shape index (κ3) is 2.70. The topological polar surface area (TPSA) is 87.3 Å². The molecule has 1 saturated heterocycles. The number of hydrazine groups is 1. The zero-order valence-electron chi connectivity index (χ0n) is 11.1. The number of nitrogen functional groups attached to an aromatic ring is 1. The molecule has 0 aromatic carbocycles. The van der Waals surface area contributed by atoms with Crippen LogP contribution in [0.5, 0.6) is 0 Å². The lowest BCUT2D eigenvalue weighted by molar-refractivity contribution is 0.0839. The van der Waals surface area contributed by atoms with E-state index in [4.69, 9.17) is 5.84 Å². The maximum absolute atomic E-state index is 10.0. The average molecular weight is 251 g/mol. The van der Waals surface area contributed by atoms with Gasteiger partial charge in [0.2, 0.25) is 0 Å². The zero-order chi connectivity index (χ0) is 13.3. The number of hydrogen-bond donors (Lipinski definition) is 3. The standard InChI is InChI=1S/C12H21N5O/c1-8(2)11-14-9(16-13)6-10(15-11)17-5-4-12(3,18)7-17/h6,8,18H,4-5,7,13H2,1-3H3,(H,14,15,16). The van der Waals surface area contributed by atoms with Gasteiger partial charge in [0.05, 0.1) is 5.60 Å². The lowest BCUT2D eigenvalue weighted by Gasteiger charge is -2.21. The van der Waals surface area contributed by atoms with Gasteiger partial charge in [-0.05, 0) is 13.3 Å². The normalized spacial score (nSPS) is 23.8. The molecule has 1 atom stereocenters. The van der Waals surface area contributed by atoms with E-state index in [0.717, 1.165) is 24.6 Å². The predicted octanol–water partition coefficient (Wildman–Crippen LogP) is 0.847. The minimum Gasteiger partial charge on any atom is -0.388 e. The lowest BCUT2D eigenvalue weighted by atomic mass is 10.1. The second-order valence-corrected chi connectivity index (χ2v) is 5.44. The van der Waals surface area contributed by atoms with Gasteiger partial charge in [0.15, 0.2) is 0 Å². The van der Waals surface area contributed by atoms with E-state index in [2.05, 4.69) is 20.3 Å². The molecular weight excluding hydrogens is 230 g/mol. The first-order valence-corrected chi connectivity index (χ1v) is 6.24. The van der Waals surface area contributed by atoms with E-state index in [0.29, 0.717) is 12.4 Å². The van der Waals surface area contributed by atoms with Crippen LogP contribution in [0.2, 0.25) is 0 Å². The number of nitrogens with one attached hydrogen (secondary N) is 1. The summed E-state index contributed by atoms with van der Waals surface area (Å²) < 4.78 is 0. The second kappa shape index (κ2) is 4.70. The summed E-state index contributed by atoms with van der Waals surface area (Å²) in [6, 6.07) is 1.81. The van der Waals surface area contributed by atoms with Crippen LogP contribution in [0.25, 0.3) is 0 Å². The molecule has 1 aliphatic rings. The molecular formula is C12H21N5O. The molecule has 1 aromatic rings. The summed E-state index contributed by atoms with van der Waals surface area (Å²) in [5, 5.41) is 10.0. The average Bonchev–Trinajstić information content (AvgIpc) is 2.69. The highest BCUT2D eigenvalue weighted by Gasteiger charge is 2.32. The van der Waals surface area contributed by atoms with Gasteiger partial charge in [0.25, 0.3) is 0 Å². The number of nitrogens with two attached hydrogens (primary N) is 1. The molecule has 2 rings (SSSR count). The Hall–Kier alpha value is -1.40. The monoisotopic (exact) mass is 251 g/mol. The van der Waals surface area contributed by atoms with Gasteiger partial charge in [-0.15, -0.1) is 0 Å². The van der Waals surface area contributed by atoms with Gasteiger partial charge >= 0.3 is 0 Å². The largest absolute Gasteiger partial charge is 0.388 e. The van der Waals surface area contributed by atoms with E-state index < -0.39 is 5.60 Å². The smallest absolute Gasteiger partial charge is 0.145 e. The highest BCUT2D eigenvalue weighted by molar-refractivity contribution is 5.50. The van der Waals surface area contributed by atoms with Gasteiger partial charge in [0, 0.05) is 25.1 Å². The number of rotatable bonds is 3. The molecule has 6 nitrogen and oxygen atoms in total. The Morgan fingerprint density at radius 2 is 2.22 bits per heavy atom. The van der Waals surface area contributed by atoms with Crippen molar-refractivity contribution >= 4 is 11.6 Å². The van der Waals surface area contributed by atoms with Crippen LogP contribution in [-0.4, -0.2) is 33.8 Å². The number of β-amino-alcohol motifs (C(OH)–C–C–N with tert-alkyl or cyclic N) is 1. The number of aromatic nitrogens is 2. The number of hydrogen-bond acceptors (Lipinski definition) is 6. The van der Waals surface area contributed by atoms with E-state index >= 15 is 0 Å². The zero-order valence-corrected chi connectivity index (χ0v) is 11.1. The van der Waals surface area contributed by atoms with Crippen LogP contribution in [0.4, 0.5) is 11.6 Å². The van der Waals surface area contributed by atoms with Crippen molar-refractivity contribution < 1.29 is 5.11 Å². The summed E-state index contributed by atoms with van der Waals surface area (Å²) in [7, 11) is 0. The van der Waals surface area contributed by atoms with E-state index in [1.807, 2.05) is 26.8 Å². The molecule has 0 spiro atoms. The summed E-state index contributed by atoms with van der Waals surface area (Å²) in [5.74, 6) is 7.85. The number of aliphatic hydroxyl groups is 1. The van der Waals surface area contributed by atoms with Crippen LogP contribution in [0, 0.1) is 0 Å². The van der Waals surface area contributed by atoms with Gasteiger partial charge in [-0.3, -0.25) is 0 Å². The van der Waals surface area contributed by atoms with Crippen molar-refractivity contribution in [2.75, 3.05) is 23.4 Å². The van der Waals surface area contributed by atoms with Crippen LogP contribution in [0.15, 0.2) is 6.07 Å². The maximum atomic E-state index is 10.0. The Bertz CT molecular complexity index is 432. The Morgan fingerprint density at radius 3 is 2.72 bits per heavy atom. The highest BCUT2D eigenvalue weighted by atomic mass is 16.3. The molecule has 0 amide bonds. The first-order valence-electron chi connectivity index (χ1n) is 6.24. The van der Waals surface area contributed by atoms with E-state index in [1.165, 1.54) is 0 Å². The maximum Gasteiger partial charge on any atom is 0.145 e.